The van der Waals surface area contributed by atoms with Gasteiger partial charge in [-0.3, -0.25) is 0 Å². The van der Waals surface area contributed by atoms with Gasteiger partial charge in [0, 0.05) is 10.8 Å². The fourth-order valence-corrected chi connectivity index (χ4v) is 11.3. The van der Waals surface area contributed by atoms with Crippen molar-refractivity contribution in [3.05, 3.63) is 245 Å². The van der Waals surface area contributed by atoms with Crippen LogP contribution in [0.4, 0.5) is 0 Å². The third kappa shape index (κ3) is 6.62. The highest BCUT2D eigenvalue weighted by Crippen LogP contribution is 2.45. The molecule has 2 nitrogen and oxygen atoms in total. The van der Waals surface area contributed by atoms with Crippen LogP contribution >= 0.6 is 0 Å². The van der Waals surface area contributed by atoms with Crippen LogP contribution < -0.4 is 21.1 Å². The maximum Gasteiger partial charge on any atom is 0.251 e. The Hall–Kier alpha value is -7.93. The van der Waals surface area contributed by atoms with E-state index in [0.717, 1.165) is 50.9 Å². The van der Waals surface area contributed by atoms with E-state index in [4.69, 9.17) is 4.74 Å². The van der Waals surface area contributed by atoms with Gasteiger partial charge in [0.15, 0.2) is 0 Å². The molecule has 0 aromatic heterocycles. The lowest BCUT2D eigenvalue weighted by Crippen LogP contribution is -2.59. The fraction of sp³-hybridized carbons (Fsp3) is 0.109. The monoisotopic (exact) mass is 857 g/mol. The lowest BCUT2D eigenvalue weighted by molar-refractivity contribution is 0.484. The number of nitriles is 1. The molecule has 10 aromatic carbocycles. The zero-order valence-electron chi connectivity index (χ0n) is 38.3. The third-order valence-electron chi connectivity index (χ3n) is 15.0. The van der Waals surface area contributed by atoms with Gasteiger partial charge in [-0.2, -0.15) is 5.26 Å². The van der Waals surface area contributed by atoms with Crippen molar-refractivity contribution < 1.29 is 4.74 Å². The average Bonchev–Trinajstić information content (AvgIpc) is 3.37. The van der Waals surface area contributed by atoms with Gasteiger partial charge in [-0.15, -0.1) is 0 Å². The summed E-state index contributed by atoms with van der Waals surface area (Å²) in [5.74, 6) is 1.78. The third-order valence-corrected chi connectivity index (χ3v) is 15.0. The molecule has 10 aromatic rings. The van der Waals surface area contributed by atoms with Crippen LogP contribution in [0.2, 0.25) is 0 Å². The second-order valence-corrected chi connectivity index (χ2v) is 19.5. The van der Waals surface area contributed by atoms with Crippen LogP contribution in [0, 0.1) is 11.3 Å². The molecule has 0 unspecified atom stereocenters. The summed E-state index contributed by atoms with van der Waals surface area (Å²) >= 11 is 0. The Bertz CT molecular complexity index is 3460. The van der Waals surface area contributed by atoms with E-state index in [2.05, 4.69) is 234 Å². The number of nitrogens with zero attached hydrogens (tertiary/aromatic N) is 1. The van der Waals surface area contributed by atoms with Crippen molar-refractivity contribution in [1.82, 2.24) is 0 Å². The first-order valence-electron chi connectivity index (χ1n) is 23.5. The van der Waals surface area contributed by atoms with Gasteiger partial charge in [-0.1, -0.05) is 209 Å². The summed E-state index contributed by atoms with van der Waals surface area (Å²) in [5.41, 5.74) is 18.2. The van der Waals surface area contributed by atoms with Gasteiger partial charge in [0.1, 0.15) is 11.5 Å². The number of ether oxygens (including phenoxy) is 1. The van der Waals surface area contributed by atoms with Crippen LogP contribution in [0.5, 0.6) is 11.5 Å². The Balaban J connectivity index is 1.05. The Morgan fingerprint density at radius 3 is 1.49 bits per heavy atom. The van der Waals surface area contributed by atoms with E-state index in [0.29, 0.717) is 5.56 Å². The van der Waals surface area contributed by atoms with Gasteiger partial charge in [0.25, 0.3) is 6.71 Å². The summed E-state index contributed by atoms with van der Waals surface area (Å²) < 4.78 is 7.19. The molecule has 2 heterocycles. The van der Waals surface area contributed by atoms with Crippen molar-refractivity contribution in [2.45, 2.75) is 44.9 Å². The number of fused-ring (bicyclic) bond motifs is 6. The largest absolute Gasteiger partial charge is 0.458 e. The number of hydrogen-bond acceptors (Lipinski definition) is 2. The molecule has 2 aliphatic heterocycles. The second kappa shape index (κ2) is 15.6. The molecule has 0 bridgehead atoms. The van der Waals surface area contributed by atoms with Crippen molar-refractivity contribution in [3.63, 3.8) is 0 Å². The second-order valence-electron chi connectivity index (χ2n) is 19.5. The van der Waals surface area contributed by atoms with Gasteiger partial charge in [-0.05, 0) is 136 Å². The quantitative estimate of drug-likeness (QED) is 0.118. The Morgan fingerprint density at radius 1 is 0.418 bits per heavy atom. The normalized spacial score (nSPS) is 12.8. The predicted molar refractivity (Wildman–Crippen MR) is 280 cm³/mol. The van der Waals surface area contributed by atoms with E-state index in [1.54, 1.807) is 0 Å². The smallest absolute Gasteiger partial charge is 0.251 e. The highest BCUT2D eigenvalue weighted by Gasteiger charge is 2.40. The van der Waals surface area contributed by atoms with E-state index in [1.165, 1.54) is 71.7 Å². The van der Waals surface area contributed by atoms with Gasteiger partial charge in [-0.25, -0.2) is 0 Å². The zero-order chi connectivity index (χ0) is 45.4. The van der Waals surface area contributed by atoms with E-state index in [-0.39, 0.29) is 17.5 Å². The number of hydrogen-bond donors (Lipinski definition) is 0. The summed E-state index contributed by atoms with van der Waals surface area (Å²) in [6, 6.07) is 77.4. The van der Waals surface area contributed by atoms with Crippen LogP contribution in [0.1, 0.15) is 66.6 Å². The van der Waals surface area contributed by atoms with Crippen LogP contribution in [0.25, 0.3) is 54.9 Å². The van der Waals surface area contributed by atoms with Crippen molar-refractivity contribution in [3.8, 4) is 50.9 Å². The minimum atomic E-state index is -0.239. The van der Waals surface area contributed by atoms with Crippen LogP contribution in [-0.4, -0.2) is 6.71 Å². The molecule has 318 valence electrons. The molecule has 0 spiro atoms. The molecular formula is C64H48BNO. The molecule has 0 radical (unpaired) electrons. The lowest BCUT2D eigenvalue weighted by atomic mass is 9.32. The van der Waals surface area contributed by atoms with Crippen molar-refractivity contribution in [2.75, 3.05) is 0 Å². The maximum absolute atomic E-state index is 10.7. The van der Waals surface area contributed by atoms with E-state index >= 15 is 0 Å². The van der Waals surface area contributed by atoms with Crippen molar-refractivity contribution >= 4 is 44.6 Å². The first-order chi connectivity index (χ1) is 32.7. The van der Waals surface area contributed by atoms with E-state index in [1.807, 2.05) is 6.07 Å². The average molecular weight is 858 g/mol. The first kappa shape index (κ1) is 40.6. The van der Waals surface area contributed by atoms with Crippen LogP contribution in [-0.2, 0) is 17.3 Å². The summed E-state index contributed by atoms with van der Waals surface area (Å²) in [6.07, 6.45) is 0.777. The summed E-state index contributed by atoms with van der Waals surface area (Å²) in [6.45, 7) is 9.27. The lowest BCUT2D eigenvalue weighted by Gasteiger charge is -2.36. The minimum Gasteiger partial charge on any atom is -0.458 e. The van der Waals surface area contributed by atoms with Crippen molar-refractivity contribution in [1.29, 1.82) is 5.26 Å². The molecule has 0 fully saturated rings. The van der Waals surface area contributed by atoms with Crippen molar-refractivity contribution in [2.24, 2.45) is 0 Å². The SMILES string of the molecule is CC(C)(c1ccccc1)c1ccc2c(c1)Cc1cc(-c3cc(C#N)cc(-c4c5ccccc5c(-c5ccccc5)c5ccccc45)c3)cc3c1B2c1ccc(C(C)(C)c2ccccc2)cc1O3. The maximum atomic E-state index is 10.7. The zero-order valence-corrected chi connectivity index (χ0v) is 38.3. The molecule has 0 saturated heterocycles. The molecule has 2 aliphatic rings. The van der Waals surface area contributed by atoms with Crippen LogP contribution in [0.3, 0.4) is 0 Å². The van der Waals surface area contributed by atoms with Gasteiger partial charge >= 0.3 is 0 Å². The molecular weight excluding hydrogens is 810 g/mol. The molecule has 0 atom stereocenters. The molecule has 0 N–H and O–H groups in total. The predicted octanol–water partition coefficient (Wildman–Crippen LogP) is 14.0. The Kier molecular flexibility index (Phi) is 9.46. The Labute approximate surface area is 393 Å². The fourth-order valence-electron chi connectivity index (χ4n) is 11.3. The van der Waals surface area contributed by atoms with Gasteiger partial charge < -0.3 is 4.74 Å². The Morgan fingerprint density at radius 2 is 0.910 bits per heavy atom. The molecule has 12 rings (SSSR count). The molecule has 0 aliphatic carbocycles. The topological polar surface area (TPSA) is 33.0 Å². The van der Waals surface area contributed by atoms with E-state index < -0.39 is 0 Å². The highest BCUT2D eigenvalue weighted by atomic mass is 16.5. The molecule has 0 saturated carbocycles. The van der Waals surface area contributed by atoms with Gasteiger partial charge in [0.2, 0.25) is 0 Å². The summed E-state index contributed by atoms with van der Waals surface area (Å²) in [7, 11) is 0. The van der Waals surface area contributed by atoms with Crippen LogP contribution in [0.15, 0.2) is 206 Å². The van der Waals surface area contributed by atoms with E-state index in [9.17, 15) is 5.26 Å². The summed E-state index contributed by atoms with van der Waals surface area (Å²) in [5, 5.41) is 15.4. The molecule has 0 amide bonds. The van der Waals surface area contributed by atoms with Gasteiger partial charge in [0.05, 0.1) is 11.6 Å². The molecule has 3 heteroatoms. The highest BCUT2D eigenvalue weighted by molar-refractivity contribution is 6.97. The standard InChI is InChI=1S/C64H48BNO/c1-63(2,48-20-10-6-11-21-48)50-28-30-56-45(37-50)36-47-35-44(38-59-62(47)65(56)57-31-29-51(39-58(57)67-59)64(3,4)49-22-12-7-13-23-49)43-32-41(40-66)33-46(34-43)61-54-26-16-14-24-52(54)60(42-18-8-5-9-19-42)53-25-15-17-27-55(53)61/h5-35,37-39H,36H2,1-4H3. The summed E-state index contributed by atoms with van der Waals surface area (Å²) in [4.78, 5) is 0. The number of benzene rings is 10. The number of rotatable bonds is 7. The molecule has 67 heavy (non-hydrogen) atoms. The first-order valence-corrected chi connectivity index (χ1v) is 23.5. The minimum absolute atomic E-state index is 0.0104.